The Morgan fingerprint density at radius 1 is 1.15 bits per heavy atom. The van der Waals surface area contributed by atoms with Crippen LogP contribution < -0.4 is 16.2 Å². The lowest BCUT2D eigenvalue weighted by atomic mass is 10.2. The topological polar surface area (TPSA) is 98.2 Å². The molecule has 2 aromatic rings. The minimum Gasteiger partial charge on any atom is -0.396 e. The van der Waals surface area contributed by atoms with Gasteiger partial charge in [-0.15, -0.1) is 0 Å². The van der Waals surface area contributed by atoms with Crippen molar-refractivity contribution in [2.75, 3.05) is 11.1 Å². The molecule has 0 radical (unpaired) electrons. The van der Waals surface area contributed by atoms with E-state index in [1.807, 2.05) is 13.0 Å². The van der Waals surface area contributed by atoms with E-state index in [0.29, 0.717) is 16.4 Å². The lowest BCUT2D eigenvalue weighted by Gasteiger charge is -2.13. The number of primary sulfonamides is 1. The zero-order valence-electron chi connectivity index (χ0n) is 10.7. The van der Waals surface area contributed by atoms with Crippen LogP contribution in [-0.4, -0.2) is 8.42 Å². The zero-order chi connectivity index (χ0) is 14.9. The summed E-state index contributed by atoms with van der Waals surface area (Å²) < 4.78 is 22.8. The third-order valence-electron chi connectivity index (χ3n) is 2.77. The highest BCUT2D eigenvalue weighted by molar-refractivity contribution is 7.89. The highest BCUT2D eigenvalue weighted by Gasteiger charge is 2.15. The first-order valence-electron chi connectivity index (χ1n) is 5.73. The fourth-order valence-corrected chi connectivity index (χ4v) is 2.73. The van der Waals surface area contributed by atoms with Crippen molar-refractivity contribution in [2.45, 2.75) is 11.8 Å². The van der Waals surface area contributed by atoms with E-state index in [1.165, 1.54) is 6.07 Å². The number of benzene rings is 2. The summed E-state index contributed by atoms with van der Waals surface area (Å²) in [6.07, 6.45) is 0. The normalized spacial score (nSPS) is 11.3. The van der Waals surface area contributed by atoms with E-state index in [9.17, 15) is 8.42 Å². The number of aryl methyl sites for hydroxylation is 1. The molecule has 0 aromatic heterocycles. The Labute approximate surface area is 122 Å². The Hall–Kier alpha value is -1.76. The summed E-state index contributed by atoms with van der Waals surface area (Å²) in [4.78, 5) is -0.120. The lowest BCUT2D eigenvalue weighted by Crippen LogP contribution is -2.15. The average molecular weight is 312 g/mol. The summed E-state index contributed by atoms with van der Waals surface area (Å²) in [7, 11) is -3.86. The Kier molecular flexibility index (Phi) is 3.89. The van der Waals surface area contributed by atoms with Crippen LogP contribution in [-0.2, 0) is 10.0 Å². The number of sulfonamides is 1. The van der Waals surface area contributed by atoms with Gasteiger partial charge in [0.2, 0.25) is 10.0 Å². The van der Waals surface area contributed by atoms with E-state index in [-0.39, 0.29) is 10.6 Å². The van der Waals surface area contributed by atoms with Crippen molar-refractivity contribution in [1.82, 2.24) is 0 Å². The molecule has 0 heterocycles. The molecule has 0 aliphatic carbocycles. The van der Waals surface area contributed by atoms with Crippen LogP contribution in [0.1, 0.15) is 5.56 Å². The molecule has 0 amide bonds. The molecule has 0 atom stereocenters. The zero-order valence-corrected chi connectivity index (χ0v) is 12.3. The molecule has 0 saturated carbocycles. The van der Waals surface area contributed by atoms with Crippen LogP contribution in [0.2, 0.25) is 5.02 Å². The molecular weight excluding hydrogens is 298 g/mol. The number of nitrogens with one attached hydrogen (secondary N) is 1. The number of rotatable bonds is 3. The third-order valence-corrected chi connectivity index (χ3v) is 4.05. The van der Waals surface area contributed by atoms with Gasteiger partial charge in [-0.25, -0.2) is 13.6 Å². The second-order valence-corrected chi connectivity index (χ2v) is 6.31. The fraction of sp³-hybridized carbons (Fsp3) is 0.0769. The quantitative estimate of drug-likeness (QED) is 0.759. The highest BCUT2D eigenvalue weighted by atomic mass is 35.5. The van der Waals surface area contributed by atoms with Crippen molar-refractivity contribution >= 4 is 38.7 Å². The van der Waals surface area contributed by atoms with E-state index in [0.717, 1.165) is 5.56 Å². The molecule has 0 fully saturated rings. The first kappa shape index (κ1) is 14.6. The minimum atomic E-state index is -3.86. The van der Waals surface area contributed by atoms with Crippen LogP contribution in [0.3, 0.4) is 0 Å². The summed E-state index contributed by atoms with van der Waals surface area (Å²) in [5.74, 6) is 0. The van der Waals surface area contributed by atoms with Gasteiger partial charge in [0, 0.05) is 0 Å². The second kappa shape index (κ2) is 5.32. The standard InChI is InChI=1S/C13H14ClN3O2S/c1-8-5-6-10(9(14)7-8)17-11-3-2-4-12(13(11)15)20(16,18)19/h2-7,17H,15H2,1H3,(H2,16,18,19). The second-order valence-electron chi connectivity index (χ2n) is 4.37. The van der Waals surface area contributed by atoms with Gasteiger partial charge in [-0.3, -0.25) is 0 Å². The molecule has 7 heteroatoms. The number of hydrogen-bond donors (Lipinski definition) is 3. The third kappa shape index (κ3) is 3.04. The van der Waals surface area contributed by atoms with Crippen LogP contribution in [0.5, 0.6) is 0 Å². The molecule has 0 saturated heterocycles. The molecule has 0 spiro atoms. The van der Waals surface area contributed by atoms with Gasteiger partial charge in [0.25, 0.3) is 0 Å². The van der Waals surface area contributed by atoms with E-state index < -0.39 is 10.0 Å². The number of anilines is 3. The van der Waals surface area contributed by atoms with E-state index in [1.54, 1.807) is 24.3 Å². The van der Waals surface area contributed by atoms with Crippen molar-refractivity contribution in [2.24, 2.45) is 5.14 Å². The van der Waals surface area contributed by atoms with Crippen molar-refractivity contribution < 1.29 is 8.42 Å². The molecule has 0 aliphatic rings. The maximum Gasteiger partial charge on any atom is 0.240 e. The highest BCUT2D eigenvalue weighted by Crippen LogP contribution is 2.31. The Morgan fingerprint density at radius 2 is 1.85 bits per heavy atom. The lowest BCUT2D eigenvalue weighted by molar-refractivity contribution is 0.598. The Balaban J connectivity index is 2.45. The maximum atomic E-state index is 11.4. The van der Waals surface area contributed by atoms with Crippen molar-refractivity contribution in [1.29, 1.82) is 0 Å². The van der Waals surface area contributed by atoms with Gasteiger partial charge in [0.15, 0.2) is 0 Å². The molecule has 2 rings (SSSR count). The van der Waals surface area contributed by atoms with Gasteiger partial charge >= 0.3 is 0 Å². The Bertz CT molecular complexity index is 760. The molecule has 0 unspecified atom stereocenters. The first-order chi connectivity index (χ1) is 9.29. The van der Waals surface area contributed by atoms with Crippen LogP contribution in [0.15, 0.2) is 41.3 Å². The fourth-order valence-electron chi connectivity index (χ4n) is 1.77. The van der Waals surface area contributed by atoms with Gasteiger partial charge in [-0.05, 0) is 36.8 Å². The van der Waals surface area contributed by atoms with Crippen LogP contribution in [0, 0.1) is 6.92 Å². The molecule has 5 N–H and O–H groups in total. The van der Waals surface area contributed by atoms with E-state index in [4.69, 9.17) is 22.5 Å². The summed E-state index contributed by atoms with van der Waals surface area (Å²) in [6, 6.07) is 10.0. The molecular formula is C13H14ClN3O2S. The predicted octanol–water partition coefficient (Wildman–Crippen LogP) is 2.62. The number of para-hydroxylation sites is 1. The molecule has 2 aromatic carbocycles. The SMILES string of the molecule is Cc1ccc(Nc2cccc(S(N)(=O)=O)c2N)c(Cl)c1. The monoisotopic (exact) mass is 311 g/mol. The Morgan fingerprint density at radius 3 is 2.45 bits per heavy atom. The minimum absolute atomic E-state index is 0.0617. The van der Waals surface area contributed by atoms with Crippen molar-refractivity contribution in [3.05, 3.63) is 47.0 Å². The van der Waals surface area contributed by atoms with Crippen LogP contribution >= 0.6 is 11.6 Å². The van der Waals surface area contributed by atoms with Crippen molar-refractivity contribution in [3.8, 4) is 0 Å². The summed E-state index contributed by atoms with van der Waals surface area (Å²) >= 11 is 6.12. The van der Waals surface area contributed by atoms with Crippen molar-refractivity contribution in [3.63, 3.8) is 0 Å². The summed E-state index contributed by atoms with van der Waals surface area (Å²) in [5.41, 5.74) is 7.98. The number of nitrogens with two attached hydrogens (primary N) is 2. The van der Waals surface area contributed by atoms with Gasteiger partial charge < -0.3 is 11.1 Å². The smallest absolute Gasteiger partial charge is 0.240 e. The van der Waals surface area contributed by atoms with Gasteiger partial charge in [-0.2, -0.15) is 0 Å². The molecule has 5 nitrogen and oxygen atoms in total. The van der Waals surface area contributed by atoms with Gasteiger partial charge in [0.05, 0.1) is 22.1 Å². The first-order valence-corrected chi connectivity index (χ1v) is 7.66. The number of nitrogen functional groups attached to an aromatic ring is 1. The van der Waals surface area contributed by atoms with Crippen LogP contribution in [0.4, 0.5) is 17.1 Å². The predicted molar refractivity (Wildman–Crippen MR) is 81.7 cm³/mol. The van der Waals surface area contributed by atoms with E-state index >= 15 is 0 Å². The van der Waals surface area contributed by atoms with Crippen LogP contribution in [0.25, 0.3) is 0 Å². The average Bonchev–Trinajstić information content (AvgIpc) is 2.33. The van der Waals surface area contributed by atoms with Gasteiger partial charge in [0.1, 0.15) is 4.90 Å². The summed E-state index contributed by atoms with van der Waals surface area (Å²) in [5, 5.41) is 8.63. The molecule has 20 heavy (non-hydrogen) atoms. The molecule has 0 bridgehead atoms. The molecule has 106 valence electrons. The van der Waals surface area contributed by atoms with Gasteiger partial charge in [-0.1, -0.05) is 23.7 Å². The molecule has 0 aliphatic heterocycles. The maximum absolute atomic E-state index is 11.4. The summed E-state index contributed by atoms with van der Waals surface area (Å²) in [6.45, 7) is 1.92. The largest absolute Gasteiger partial charge is 0.396 e. The van der Waals surface area contributed by atoms with E-state index in [2.05, 4.69) is 5.32 Å². The number of halogens is 1. The number of hydrogen-bond acceptors (Lipinski definition) is 4.